The molecule has 2 heterocycles. The molecule has 2 rings (SSSR count). The molecule has 0 saturated heterocycles. The highest BCUT2D eigenvalue weighted by atomic mass is 32.1. The van der Waals surface area contributed by atoms with E-state index >= 15 is 0 Å². The van der Waals surface area contributed by atoms with Gasteiger partial charge in [0.05, 0.1) is 4.88 Å². The van der Waals surface area contributed by atoms with Crippen LogP contribution in [0.3, 0.4) is 0 Å². The van der Waals surface area contributed by atoms with Crippen molar-refractivity contribution in [1.29, 1.82) is 0 Å². The Balaban J connectivity index is 1.73. The smallest absolute Gasteiger partial charge is 0.227 e. The lowest BCUT2D eigenvalue weighted by molar-refractivity contribution is -0.121. The predicted octanol–water partition coefficient (Wildman–Crippen LogP) is 1.46. The molecule has 0 aliphatic heterocycles. The molecule has 2 N–H and O–H groups in total. The number of aryl methyl sites for hydroxylation is 1. The average Bonchev–Trinajstić information content (AvgIpc) is 3.11. The molecular formula is C13H18N4O2S. The van der Waals surface area contributed by atoms with Gasteiger partial charge in [0, 0.05) is 19.4 Å². The van der Waals surface area contributed by atoms with E-state index in [1.807, 2.05) is 24.6 Å². The van der Waals surface area contributed by atoms with Crippen molar-refractivity contribution < 1.29 is 9.32 Å². The molecule has 0 aliphatic rings. The first-order valence-electron chi connectivity index (χ1n) is 6.57. The first kappa shape index (κ1) is 14.7. The Kier molecular flexibility index (Phi) is 5.69. The Morgan fingerprint density at radius 2 is 2.35 bits per heavy atom. The molecule has 6 nitrogen and oxygen atoms in total. The quantitative estimate of drug-likeness (QED) is 0.720. The number of hydrogen-bond donors (Lipinski definition) is 2. The molecule has 0 atom stereocenters. The van der Waals surface area contributed by atoms with Crippen molar-refractivity contribution in [2.45, 2.75) is 19.3 Å². The summed E-state index contributed by atoms with van der Waals surface area (Å²) in [6.07, 6.45) is 1.76. The third-order valence-electron chi connectivity index (χ3n) is 2.70. The van der Waals surface area contributed by atoms with E-state index in [-0.39, 0.29) is 5.91 Å². The number of carbonyl (C=O) groups is 1. The fourth-order valence-corrected chi connectivity index (χ4v) is 2.31. The number of carbonyl (C=O) groups excluding carboxylic acids is 1. The van der Waals surface area contributed by atoms with E-state index < -0.39 is 0 Å². The molecular weight excluding hydrogens is 276 g/mol. The Morgan fingerprint density at radius 1 is 1.45 bits per heavy atom. The van der Waals surface area contributed by atoms with Gasteiger partial charge in [-0.1, -0.05) is 11.2 Å². The molecule has 2 aromatic heterocycles. The summed E-state index contributed by atoms with van der Waals surface area (Å²) >= 11 is 1.56. The molecule has 20 heavy (non-hydrogen) atoms. The van der Waals surface area contributed by atoms with Crippen LogP contribution in [0.5, 0.6) is 0 Å². The lowest BCUT2D eigenvalue weighted by Gasteiger charge is -2.03. The molecule has 0 fully saturated rings. The highest BCUT2D eigenvalue weighted by molar-refractivity contribution is 7.13. The number of rotatable bonds is 8. The maximum absolute atomic E-state index is 11.6. The minimum absolute atomic E-state index is 0.0111. The van der Waals surface area contributed by atoms with E-state index in [0.717, 1.165) is 17.8 Å². The Morgan fingerprint density at radius 3 is 3.10 bits per heavy atom. The summed E-state index contributed by atoms with van der Waals surface area (Å²) < 4.78 is 5.14. The summed E-state index contributed by atoms with van der Waals surface area (Å²) in [7, 11) is 1.89. The summed E-state index contributed by atoms with van der Waals surface area (Å²) in [5.74, 6) is 1.10. The van der Waals surface area contributed by atoms with Gasteiger partial charge in [-0.15, -0.1) is 11.3 Å². The maximum atomic E-state index is 11.6. The molecule has 0 aromatic carbocycles. The summed E-state index contributed by atoms with van der Waals surface area (Å²) in [6, 6.07) is 3.88. The molecule has 0 bridgehead atoms. The van der Waals surface area contributed by atoms with Crippen molar-refractivity contribution >= 4 is 17.2 Å². The second kappa shape index (κ2) is 7.76. The van der Waals surface area contributed by atoms with Crippen molar-refractivity contribution in [2.24, 2.45) is 0 Å². The zero-order valence-corrected chi connectivity index (χ0v) is 12.2. The van der Waals surface area contributed by atoms with Gasteiger partial charge in [0.2, 0.25) is 17.6 Å². The van der Waals surface area contributed by atoms with Crippen LogP contribution in [0.1, 0.15) is 18.7 Å². The average molecular weight is 294 g/mol. The normalized spacial score (nSPS) is 10.7. The number of nitrogens with one attached hydrogen (secondary N) is 2. The third kappa shape index (κ3) is 4.43. The van der Waals surface area contributed by atoms with Crippen LogP contribution in [0.4, 0.5) is 0 Å². The number of amides is 1. The first-order valence-corrected chi connectivity index (χ1v) is 7.45. The van der Waals surface area contributed by atoms with Gasteiger partial charge >= 0.3 is 0 Å². The largest absolute Gasteiger partial charge is 0.356 e. The molecule has 0 saturated carbocycles. The topological polar surface area (TPSA) is 80.0 Å². The SMILES string of the molecule is CNCCCNC(=O)CCc1nc(-c2cccs2)no1. The third-order valence-corrected chi connectivity index (χ3v) is 3.57. The molecule has 1 amide bonds. The van der Waals surface area contributed by atoms with E-state index in [4.69, 9.17) is 4.52 Å². The number of thiophene rings is 1. The zero-order chi connectivity index (χ0) is 14.2. The molecule has 108 valence electrons. The molecule has 0 unspecified atom stereocenters. The van der Waals surface area contributed by atoms with Gasteiger partial charge in [-0.3, -0.25) is 4.79 Å². The maximum Gasteiger partial charge on any atom is 0.227 e. The van der Waals surface area contributed by atoms with Crippen molar-refractivity contribution in [3.8, 4) is 10.7 Å². The van der Waals surface area contributed by atoms with Crippen LogP contribution in [0.25, 0.3) is 10.7 Å². The predicted molar refractivity (Wildman–Crippen MR) is 77.5 cm³/mol. The van der Waals surface area contributed by atoms with Crippen LogP contribution in [0.2, 0.25) is 0 Å². The second-order valence-corrected chi connectivity index (χ2v) is 5.24. The molecule has 0 aliphatic carbocycles. The molecule has 7 heteroatoms. The van der Waals surface area contributed by atoms with E-state index in [1.165, 1.54) is 0 Å². The van der Waals surface area contributed by atoms with Crippen LogP contribution in [-0.4, -0.2) is 36.2 Å². The summed E-state index contributed by atoms with van der Waals surface area (Å²) in [5, 5.41) is 11.8. The highest BCUT2D eigenvalue weighted by Gasteiger charge is 2.10. The lowest BCUT2D eigenvalue weighted by Crippen LogP contribution is -2.26. The van der Waals surface area contributed by atoms with Crippen LogP contribution >= 0.6 is 11.3 Å². The van der Waals surface area contributed by atoms with E-state index in [1.54, 1.807) is 11.3 Å². The van der Waals surface area contributed by atoms with Crippen molar-refractivity contribution in [3.05, 3.63) is 23.4 Å². The minimum Gasteiger partial charge on any atom is -0.356 e. The van der Waals surface area contributed by atoms with E-state index in [9.17, 15) is 4.79 Å². The Bertz CT molecular complexity index is 524. The number of hydrogen-bond acceptors (Lipinski definition) is 6. The van der Waals surface area contributed by atoms with Crippen LogP contribution in [0, 0.1) is 0 Å². The fraction of sp³-hybridized carbons (Fsp3) is 0.462. The second-order valence-electron chi connectivity index (χ2n) is 4.30. The number of nitrogens with zero attached hydrogens (tertiary/aromatic N) is 2. The summed E-state index contributed by atoms with van der Waals surface area (Å²) in [5.41, 5.74) is 0. The van der Waals surface area contributed by atoms with Gasteiger partial charge in [-0.25, -0.2) is 0 Å². The molecule has 0 radical (unpaired) electrons. The monoisotopic (exact) mass is 294 g/mol. The summed E-state index contributed by atoms with van der Waals surface area (Å²) in [4.78, 5) is 16.8. The van der Waals surface area contributed by atoms with Gasteiger partial charge in [-0.2, -0.15) is 4.98 Å². The zero-order valence-electron chi connectivity index (χ0n) is 11.4. The number of aromatic nitrogens is 2. The van der Waals surface area contributed by atoms with Gasteiger partial charge < -0.3 is 15.2 Å². The van der Waals surface area contributed by atoms with Crippen LogP contribution in [0.15, 0.2) is 22.0 Å². The first-order chi connectivity index (χ1) is 9.79. The Labute approximate surface area is 121 Å². The molecule has 0 spiro atoms. The van der Waals surface area contributed by atoms with Crippen molar-refractivity contribution in [1.82, 2.24) is 20.8 Å². The lowest BCUT2D eigenvalue weighted by atomic mass is 10.3. The minimum atomic E-state index is 0.0111. The highest BCUT2D eigenvalue weighted by Crippen LogP contribution is 2.21. The standard InChI is InChI=1S/C13H18N4O2S/c1-14-7-3-8-15-11(18)5-6-12-16-13(17-19-12)10-4-2-9-20-10/h2,4,9,14H,3,5-8H2,1H3,(H,15,18). The van der Waals surface area contributed by atoms with Crippen molar-refractivity contribution in [3.63, 3.8) is 0 Å². The molecule has 2 aromatic rings. The Hall–Kier alpha value is -1.73. The van der Waals surface area contributed by atoms with E-state index in [0.29, 0.717) is 31.1 Å². The van der Waals surface area contributed by atoms with Gasteiger partial charge in [0.1, 0.15) is 0 Å². The van der Waals surface area contributed by atoms with Gasteiger partial charge in [-0.05, 0) is 31.5 Å². The summed E-state index contributed by atoms with van der Waals surface area (Å²) in [6.45, 7) is 1.58. The van der Waals surface area contributed by atoms with E-state index in [2.05, 4.69) is 20.8 Å². The van der Waals surface area contributed by atoms with Gasteiger partial charge in [0.25, 0.3) is 0 Å². The van der Waals surface area contributed by atoms with Crippen LogP contribution < -0.4 is 10.6 Å². The van der Waals surface area contributed by atoms with Crippen LogP contribution in [-0.2, 0) is 11.2 Å². The van der Waals surface area contributed by atoms with Gasteiger partial charge in [0.15, 0.2) is 0 Å². The fourth-order valence-electron chi connectivity index (χ4n) is 1.66. The van der Waals surface area contributed by atoms with Crippen molar-refractivity contribution in [2.75, 3.05) is 20.1 Å².